The van der Waals surface area contributed by atoms with Crippen LogP contribution >= 0.6 is 23.4 Å². The van der Waals surface area contributed by atoms with Gasteiger partial charge in [0.15, 0.2) is 0 Å². The Bertz CT molecular complexity index is 1050. The van der Waals surface area contributed by atoms with E-state index in [0.717, 1.165) is 11.8 Å². The highest BCUT2D eigenvalue weighted by Gasteiger charge is 2.19. The zero-order chi connectivity index (χ0) is 20.1. The van der Waals surface area contributed by atoms with Crippen LogP contribution < -0.4 is 0 Å². The Morgan fingerprint density at radius 3 is 2.71 bits per heavy atom. The molecule has 2 aromatic carbocycles. The molecule has 28 heavy (non-hydrogen) atoms. The lowest BCUT2D eigenvalue weighted by Gasteiger charge is -2.05. The minimum atomic E-state index is -0.553. The van der Waals surface area contributed by atoms with E-state index in [0.29, 0.717) is 26.3 Å². The molecule has 1 aromatic heterocycles. The van der Waals surface area contributed by atoms with Gasteiger partial charge in [0.05, 0.1) is 22.6 Å². The first-order chi connectivity index (χ1) is 13.5. The monoisotopic (exact) mass is 417 g/mol. The van der Waals surface area contributed by atoms with Crippen LogP contribution in [0.25, 0.3) is 11.8 Å². The van der Waals surface area contributed by atoms with E-state index in [4.69, 9.17) is 11.6 Å². The predicted octanol–water partition coefficient (Wildman–Crippen LogP) is 3.56. The van der Waals surface area contributed by atoms with Crippen molar-refractivity contribution in [2.24, 2.45) is 0 Å². The van der Waals surface area contributed by atoms with Crippen molar-refractivity contribution in [1.82, 2.24) is 20.2 Å². The molecule has 3 aromatic rings. The molecule has 0 aliphatic rings. The van der Waals surface area contributed by atoms with Crippen LogP contribution in [0.15, 0.2) is 58.6 Å². The molecule has 0 bridgehead atoms. The molecular weight excluding hydrogens is 406 g/mol. The summed E-state index contributed by atoms with van der Waals surface area (Å²) >= 11 is 6.94. The fraction of sp³-hybridized carbons (Fsp3) is 0.0588. The summed E-state index contributed by atoms with van der Waals surface area (Å²) in [5.41, 5.74) is 1.01. The number of benzene rings is 2. The molecule has 0 radical (unpaired) electrons. The fourth-order valence-corrected chi connectivity index (χ4v) is 3.19. The number of nitrogens with zero attached hydrogens (tertiary/aromatic N) is 5. The summed E-state index contributed by atoms with van der Waals surface area (Å²) in [5.74, 6) is -0.553. The number of hydrogen-bond donors (Lipinski definition) is 0. The zero-order valence-corrected chi connectivity index (χ0v) is 15.9. The second-order valence-corrected chi connectivity index (χ2v) is 6.74. The van der Waals surface area contributed by atoms with Crippen molar-refractivity contribution in [3.8, 4) is 5.69 Å². The molecule has 0 amide bonds. The average Bonchev–Trinajstić information content (AvgIpc) is 3.15. The van der Waals surface area contributed by atoms with Gasteiger partial charge in [0, 0.05) is 17.2 Å². The molecule has 0 N–H and O–H groups in total. The maximum atomic E-state index is 11.5. The summed E-state index contributed by atoms with van der Waals surface area (Å²) in [4.78, 5) is 22.5. The van der Waals surface area contributed by atoms with E-state index in [-0.39, 0.29) is 5.69 Å². The molecule has 0 aliphatic heterocycles. The second-order valence-electron chi connectivity index (χ2n) is 5.29. The third-order valence-corrected chi connectivity index (χ3v) is 4.76. The summed E-state index contributed by atoms with van der Waals surface area (Å²) in [6, 6.07) is 11.4. The van der Waals surface area contributed by atoms with Crippen molar-refractivity contribution in [2.75, 3.05) is 7.11 Å². The van der Waals surface area contributed by atoms with Crippen molar-refractivity contribution >= 4 is 41.1 Å². The summed E-state index contributed by atoms with van der Waals surface area (Å²) in [6.07, 6.45) is 2.62. The lowest BCUT2D eigenvalue weighted by Crippen LogP contribution is -1.99. The fourth-order valence-electron chi connectivity index (χ4n) is 2.18. The second kappa shape index (κ2) is 8.63. The number of tetrazole rings is 1. The SMILES string of the molecule is COC(=O)/C=C/c1ccc(Sc2nnnn2-c2ccc(Cl)cc2)c([N+](=O)[O-])c1. The first kappa shape index (κ1) is 19.5. The molecule has 0 aliphatic carbocycles. The molecule has 9 nitrogen and oxygen atoms in total. The molecule has 0 saturated carbocycles. The van der Waals surface area contributed by atoms with E-state index in [2.05, 4.69) is 20.3 Å². The van der Waals surface area contributed by atoms with E-state index in [9.17, 15) is 14.9 Å². The van der Waals surface area contributed by atoms with Gasteiger partial charge in [-0.25, -0.2) is 4.79 Å². The van der Waals surface area contributed by atoms with E-state index >= 15 is 0 Å². The number of esters is 1. The summed E-state index contributed by atoms with van der Waals surface area (Å²) in [7, 11) is 1.25. The van der Waals surface area contributed by atoms with E-state index in [1.54, 1.807) is 36.4 Å². The molecule has 3 rings (SSSR count). The maximum absolute atomic E-state index is 11.5. The van der Waals surface area contributed by atoms with Gasteiger partial charge in [0.25, 0.3) is 5.69 Å². The number of aromatic nitrogens is 4. The predicted molar refractivity (Wildman–Crippen MR) is 102 cm³/mol. The van der Waals surface area contributed by atoms with Gasteiger partial charge >= 0.3 is 5.97 Å². The third kappa shape index (κ3) is 4.53. The van der Waals surface area contributed by atoms with Gasteiger partial charge in [0.1, 0.15) is 0 Å². The normalized spacial score (nSPS) is 10.9. The number of rotatable bonds is 6. The first-order valence-electron chi connectivity index (χ1n) is 7.74. The number of carbonyl (C=O) groups excluding carboxylic acids is 1. The smallest absolute Gasteiger partial charge is 0.330 e. The number of nitro benzene ring substituents is 1. The summed E-state index contributed by atoms with van der Waals surface area (Å²) in [5, 5.41) is 23.9. The van der Waals surface area contributed by atoms with Crippen LogP contribution in [-0.4, -0.2) is 38.2 Å². The quantitative estimate of drug-likeness (QED) is 0.259. The lowest BCUT2D eigenvalue weighted by atomic mass is 10.2. The molecule has 0 unspecified atom stereocenters. The molecular formula is C17H12ClN5O4S. The van der Waals surface area contributed by atoms with Crippen LogP contribution in [0.4, 0.5) is 5.69 Å². The van der Waals surface area contributed by atoms with Crippen LogP contribution in [-0.2, 0) is 9.53 Å². The summed E-state index contributed by atoms with van der Waals surface area (Å²) in [6.45, 7) is 0. The molecule has 0 atom stereocenters. The Kier molecular flexibility index (Phi) is 6.02. The Balaban J connectivity index is 1.92. The van der Waals surface area contributed by atoms with Gasteiger partial charge in [0.2, 0.25) is 5.16 Å². The molecule has 11 heteroatoms. The standard InChI is InChI=1S/C17H12ClN5O4S/c1-27-16(24)9-3-11-2-8-15(14(10-11)23(25)26)28-17-19-20-21-22(17)13-6-4-12(18)5-7-13/h2-10H,1H3/b9-3+. The number of nitro groups is 1. The van der Waals surface area contributed by atoms with Gasteiger partial charge in [-0.1, -0.05) is 17.7 Å². The Morgan fingerprint density at radius 1 is 1.29 bits per heavy atom. The van der Waals surface area contributed by atoms with E-state index in [1.165, 1.54) is 30.0 Å². The van der Waals surface area contributed by atoms with Crippen LogP contribution in [0, 0.1) is 10.1 Å². The highest BCUT2D eigenvalue weighted by Crippen LogP contribution is 2.35. The Labute approximate surface area is 168 Å². The van der Waals surface area contributed by atoms with Crippen LogP contribution in [0.3, 0.4) is 0 Å². The molecule has 1 heterocycles. The van der Waals surface area contributed by atoms with Crippen molar-refractivity contribution < 1.29 is 14.5 Å². The number of hydrogen-bond acceptors (Lipinski definition) is 8. The molecule has 0 saturated heterocycles. The zero-order valence-electron chi connectivity index (χ0n) is 14.4. The average molecular weight is 418 g/mol. The topological polar surface area (TPSA) is 113 Å². The Hall–Kier alpha value is -3.24. The lowest BCUT2D eigenvalue weighted by molar-refractivity contribution is -0.387. The third-order valence-electron chi connectivity index (χ3n) is 3.51. The van der Waals surface area contributed by atoms with E-state index < -0.39 is 10.9 Å². The van der Waals surface area contributed by atoms with Crippen molar-refractivity contribution in [1.29, 1.82) is 0 Å². The van der Waals surface area contributed by atoms with Crippen molar-refractivity contribution in [2.45, 2.75) is 10.1 Å². The van der Waals surface area contributed by atoms with Crippen molar-refractivity contribution in [3.63, 3.8) is 0 Å². The van der Waals surface area contributed by atoms with Gasteiger partial charge in [-0.2, -0.15) is 4.68 Å². The minimum Gasteiger partial charge on any atom is -0.466 e. The molecule has 0 spiro atoms. The van der Waals surface area contributed by atoms with Crippen LogP contribution in [0.5, 0.6) is 0 Å². The van der Waals surface area contributed by atoms with Crippen molar-refractivity contribution in [3.05, 3.63) is 69.2 Å². The minimum absolute atomic E-state index is 0.136. The number of methoxy groups -OCH3 is 1. The molecule has 0 fully saturated rings. The largest absolute Gasteiger partial charge is 0.466 e. The van der Waals surface area contributed by atoms with Gasteiger partial charge in [-0.05, 0) is 64.2 Å². The van der Waals surface area contributed by atoms with Crippen LogP contribution in [0.2, 0.25) is 5.02 Å². The summed E-state index contributed by atoms with van der Waals surface area (Å²) < 4.78 is 5.96. The van der Waals surface area contributed by atoms with Gasteiger partial charge < -0.3 is 4.74 Å². The Morgan fingerprint density at radius 2 is 2.04 bits per heavy atom. The van der Waals surface area contributed by atoms with Gasteiger partial charge in [-0.3, -0.25) is 10.1 Å². The highest BCUT2D eigenvalue weighted by molar-refractivity contribution is 7.99. The van der Waals surface area contributed by atoms with Crippen LogP contribution in [0.1, 0.15) is 5.56 Å². The first-order valence-corrected chi connectivity index (χ1v) is 8.94. The number of halogens is 1. The number of ether oxygens (including phenoxy) is 1. The highest BCUT2D eigenvalue weighted by atomic mass is 35.5. The molecule has 142 valence electrons. The van der Waals surface area contributed by atoms with E-state index in [1.807, 2.05) is 0 Å². The van der Waals surface area contributed by atoms with Gasteiger partial charge in [-0.15, -0.1) is 5.10 Å². The maximum Gasteiger partial charge on any atom is 0.330 e. The number of carbonyl (C=O) groups is 1.